The summed E-state index contributed by atoms with van der Waals surface area (Å²) in [6.07, 6.45) is 4.29. The number of fused-ring (bicyclic) bond motifs is 1. The maximum atomic E-state index is 6.03. The van der Waals surface area contributed by atoms with Crippen molar-refractivity contribution in [3.05, 3.63) is 88.5 Å². The Kier molecular flexibility index (Phi) is 10.9. The average Bonchev–Trinajstić information content (AvgIpc) is 2.97. The second kappa shape index (κ2) is 14.6. The van der Waals surface area contributed by atoms with Gasteiger partial charge in [0, 0.05) is 25.2 Å². The van der Waals surface area contributed by atoms with Crippen LogP contribution < -0.4 is 19.5 Å². The molecule has 4 rings (SSSR count). The lowest BCUT2D eigenvalue weighted by molar-refractivity contribution is 0.142. The standard InChI is InChI=1S/C35H48N2O3/c1-25(2)37(26(3)4)19-20-40-32-12-7-27(8-13-32)17-18-36-24-31-23-34(39-6)15-16-35(31)30-10-9-29-22-33(38-5)14-11-28(29)21-30/h7-8,11-16,22-23,25-26,30,36H,9-10,17-21,24H2,1-6H3. The summed E-state index contributed by atoms with van der Waals surface area (Å²) in [5.74, 6) is 3.33. The molecule has 216 valence electrons. The Hall–Kier alpha value is -3.02. The number of methoxy groups -OCH3 is 2. The van der Waals surface area contributed by atoms with Gasteiger partial charge >= 0.3 is 0 Å². The molecule has 40 heavy (non-hydrogen) atoms. The van der Waals surface area contributed by atoms with Gasteiger partial charge in [-0.25, -0.2) is 0 Å². The van der Waals surface area contributed by atoms with Gasteiger partial charge in [0.2, 0.25) is 0 Å². The summed E-state index contributed by atoms with van der Waals surface area (Å²) in [7, 11) is 3.48. The number of nitrogens with zero attached hydrogens (tertiary/aromatic N) is 1. The highest BCUT2D eigenvalue weighted by Gasteiger charge is 2.23. The van der Waals surface area contributed by atoms with Crippen LogP contribution in [0.4, 0.5) is 0 Å². The van der Waals surface area contributed by atoms with Crippen LogP contribution in [0.2, 0.25) is 0 Å². The van der Waals surface area contributed by atoms with E-state index in [2.05, 4.69) is 98.6 Å². The average molecular weight is 545 g/mol. The van der Waals surface area contributed by atoms with E-state index in [9.17, 15) is 0 Å². The zero-order chi connectivity index (χ0) is 28.5. The summed E-state index contributed by atoms with van der Waals surface area (Å²) in [6, 6.07) is 22.7. The van der Waals surface area contributed by atoms with Crippen molar-refractivity contribution in [3.63, 3.8) is 0 Å². The van der Waals surface area contributed by atoms with Gasteiger partial charge in [0.1, 0.15) is 23.9 Å². The minimum absolute atomic E-state index is 0.518. The van der Waals surface area contributed by atoms with Crippen molar-refractivity contribution in [2.75, 3.05) is 33.9 Å². The Morgan fingerprint density at radius 1 is 0.825 bits per heavy atom. The van der Waals surface area contributed by atoms with Crippen molar-refractivity contribution >= 4 is 0 Å². The Bertz CT molecular complexity index is 1200. The SMILES string of the molecule is COc1ccc2c(c1)CCC(c1ccc(OC)cc1CNCCc1ccc(OCCN(C(C)C)C(C)C)cc1)C2. The molecule has 0 fully saturated rings. The van der Waals surface area contributed by atoms with Crippen molar-refractivity contribution in [1.82, 2.24) is 10.2 Å². The highest BCUT2D eigenvalue weighted by atomic mass is 16.5. The molecule has 1 atom stereocenters. The molecule has 5 heteroatoms. The van der Waals surface area contributed by atoms with Crippen molar-refractivity contribution in [1.29, 1.82) is 0 Å². The summed E-state index contributed by atoms with van der Waals surface area (Å²) < 4.78 is 17.0. The van der Waals surface area contributed by atoms with Crippen LogP contribution in [0.1, 0.15) is 67.9 Å². The first kappa shape index (κ1) is 30.0. The van der Waals surface area contributed by atoms with Crippen LogP contribution in [0.3, 0.4) is 0 Å². The second-order valence-electron chi connectivity index (χ2n) is 11.5. The van der Waals surface area contributed by atoms with Gasteiger partial charge < -0.3 is 19.5 Å². The Morgan fingerprint density at radius 3 is 2.20 bits per heavy atom. The van der Waals surface area contributed by atoms with Crippen LogP contribution in [0.25, 0.3) is 0 Å². The minimum atomic E-state index is 0.518. The quantitative estimate of drug-likeness (QED) is 0.226. The van der Waals surface area contributed by atoms with E-state index in [0.29, 0.717) is 24.6 Å². The first-order chi connectivity index (χ1) is 19.4. The molecular weight excluding hydrogens is 496 g/mol. The van der Waals surface area contributed by atoms with E-state index in [1.54, 1.807) is 14.2 Å². The van der Waals surface area contributed by atoms with Gasteiger partial charge in [0.15, 0.2) is 0 Å². The zero-order valence-corrected chi connectivity index (χ0v) is 25.3. The number of ether oxygens (including phenoxy) is 3. The van der Waals surface area contributed by atoms with E-state index in [0.717, 1.165) is 62.6 Å². The first-order valence-electron chi connectivity index (χ1n) is 14.9. The molecule has 3 aromatic rings. The molecule has 0 radical (unpaired) electrons. The Labute approximate surface area is 241 Å². The molecular formula is C35H48N2O3. The molecule has 0 bridgehead atoms. The number of rotatable bonds is 14. The third-order valence-corrected chi connectivity index (χ3v) is 8.21. The van der Waals surface area contributed by atoms with Gasteiger partial charge in [0.05, 0.1) is 14.2 Å². The maximum Gasteiger partial charge on any atom is 0.119 e. The summed E-state index contributed by atoms with van der Waals surface area (Å²) in [5, 5.41) is 3.69. The number of hydrogen-bond acceptors (Lipinski definition) is 5. The van der Waals surface area contributed by atoms with Gasteiger partial charge in [-0.3, -0.25) is 4.90 Å². The monoisotopic (exact) mass is 544 g/mol. The fourth-order valence-corrected chi connectivity index (χ4v) is 5.97. The van der Waals surface area contributed by atoms with Gasteiger partial charge in [-0.1, -0.05) is 24.3 Å². The summed E-state index contributed by atoms with van der Waals surface area (Å²) >= 11 is 0. The highest BCUT2D eigenvalue weighted by Crippen LogP contribution is 2.36. The molecule has 3 aromatic carbocycles. The molecule has 1 unspecified atom stereocenters. The summed E-state index contributed by atoms with van der Waals surface area (Å²) in [6.45, 7) is 12.4. The van der Waals surface area contributed by atoms with Crippen LogP contribution in [0.15, 0.2) is 60.7 Å². The second-order valence-corrected chi connectivity index (χ2v) is 11.5. The lowest BCUT2D eigenvalue weighted by atomic mass is 9.78. The van der Waals surface area contributed by atoms with Crippen LogP contribution in [-0.2, 0) is 25.8 Å². The topological polar surface area (TPSA) is 43.0 Å². The first-order valence-corrected chi connectivity index (χ1v) is 14.9. The fraction of sp³-hybridized carbons (Fsp3) is 0.486. The number of nitrogens with one attached hydrogen (secondary N) is 1. The fourth-order valence-electron chi connectivity index (χ4n) is 5.97. The zero-order valence-electron chi connectivity index (χ0n) is 25.3. The van der Waals surface area contributed by atoms with Crippen LogP contribution >= 0.6 is 0 Å². The number of hydrogen-bond donors (Lipinski definition) is 1. The molecule has 0 saturated heterocycles. The van der Waals surface area contributed by atoms with Crippen molar-refractivity contribution in [3.8, 4) is 17.2 Å². The normalized spacial score (nSPS) is 15.0. The molecule has 1 aliphatic carbocycles. The predicted octanol–water partition coefficient (Wildman–Crippen LogP) is 6.81. The summed E-state index contributed by atoms with van der Waals surface area (Å²) in [4.78, 5) is 2.46. The maximum absolute atomic E-state index is 6.03. The van der Waals surface area contributed by atoms with Gasteiger partial charge in [-0.05, 0) is 130 Å². The predicted molar refractivity (Wildman–Crippen MR) is 165 cm³/mol. The van der Waals surface area contributed by atoms with Gasteiger partial charge in [0.25, 0.3) is 0 Å². The van der Waals surface area contributed by atoms with Crippen molar-refractivity contribution in [2.45, 2.75) is 77.9 Å². The molecule has 0 amide bonds. The molecule has 0 saturated carbocycles. The van der Waals surface area contributed by atoms with E-state index >= 15 is 0 Å². The number of benzene rings is 3. The summed E-state index contributed by atoms with van der Waals surface area (Å²) in [5.41, 5.74) is 6.95. The smallest absolute Gasteiger partial charge is 0.119 e. The van der Waals surface area contributed by atoms with Crippen molar-refractivity contribution in [2.24, 2.45) is 0 Å². The van der Waals surface area contributed by atoms with E-state index in [1.165, 1.54) is 27.8 Å². The Balaban J connectivity index is 1.29. The van der Waals surface area contributed by atoms with Gasteiger partial charge in [-0.2, -0.15) is 0 Å². The third kappa shape index (κ3) is 8.02. The van der Waals surface area contributed by atoms with Crippen LogP contribution in [-0.4, -0.2) is 50.9 Å². The number of aryl methyl sites for hydroxylation is 1. The highest BCUT2D eigenvalue weighted by molar-refractivity contribution is 5.43. The third-order valence-electron chi connectivity index (χ3n) is 8.21. The molecule has 1 aliphatic rings. The molecule has 0 spiro atoms. The van der Waals surface area contributed by atoms with E-state index in [4.69, 9.17) is 14.2 Å². The Morgan fingerprint density at radius 2 is 1.50 bits per heavy atom. The largest absolute Gasteiger partial charge is 0.497 e. The minimum Gasteiger partial charge on any atom is -0.497 e. The molecule has 5 nitrogen and oxygen atoms in total. The van der Waals surface area contributed by atoms with E-state index in [-0.39, 0.29) is 0 Å². The lowest BCUT2D eigenvalue weighted by Gasteiger charge is -2.30. The van der Waals surface area contributed by atoms with E-state index < -0.39 is 0 Å². The molecule has 0 heterocycles. The molecule has 0 aliphatic heterocycles. The van der Waals surface area contributed by atoms with Gasteiger partial charge in [-0.15, -0.1) is 0 Å². The van der Waals surface area contributed by atoms with Crippen LogP contribution in [0.5, 0.6) is 17.2 Å². The molecule has 0 aromatic heterocycles. The lowest BCUT2D eigenvalue weighted by Crippen LogP contribution is -2.39. The van der Waals surface area contributed by atoms with Crippen LogP contribution in [0, 0.1) is 0 Å². The molecule has 1 N–H and O–H groups in total. The van der Waals surface area contributed by atoms with E-state index in [1.807, 2.05) is 0 Å². The van der Waals surface area contributed by atoms with Crippen molar-refractivity contribution < 1.29 is 14.2 Å².